The van der Waals surface area contributed by atoms with Crippen LogP contribution < -0.4 is 5.32 Å². The number of nitrogens with one attached hydrogen (secondary N) is 1. The first-order valence-electron chi connectivity index (χ1n) is 6.15. The molecule has 0 aliphatic carbocycles. The summed E-state index contributed by atoms with van der Waals surface area (Å²) in [5.74, 6) is -1.78. The molecule has 0 spiro atoms. The lowest BCUT2D eigenvalue weighted by molar-refractivity contribution is -0.143. The van der Waals surface area contributed by atoms with Crippen LogP contribution in [0.2, 0.25) is 5.02 Å². The monoisotopic (exact) mass is 300 g/mol. The number of hydrogen-bond donors (Lipinski definition) is 2. The predicted molar refractivity (Wildman–Crippen MR) is 70.9 cm³/mol. The van der Waals surface area contributed by atoms with Gasteiger partial charge in [-0.2, -0.15) is 0 Å². The summed E-state index contributed by atoms with van der Waals surface area (Å²) in [5, 5.41) is 11.8. The van der Waals surface area contributed by atoms with Crippen molar-refractivity contribution in [1.82, 2.24) is 10.2 Å². The maximum atomic E-state index is 13.0. The van der Waals surface area contributed by atoms with Gasteiger partial charge in [-0.1, -0.05) is 17.7 Å². The first kappa shape index (κ1) is 14.7. The fourth-order valence-corrected chi connectivity index (χ4v) is 2.43. The molecule has 0 saturated carbocycles. The van der Waals surface area contributed by atoms with Gasteiger partial charge in [0, 0.05) is 24.7 Å². The molecule has 1 amide bonds. The molecule has 0 aromatic heterocycles. The second kappa shape index (κ2) is 6.19. The Kier molecular flexibility index (Phi) is 4.57. The lowest BCUT2D eigenvalue weighted by atomic mass is 10.1. The molecule has 2 N–H and O–H groups in total. The lowest BCUT2D eigenvalue weighted by Gasteiger charge is -2.34. The standard InChI is InChI=1S/C13H14ClFN2O3/c14-10-5-9(15)2-1-8(10)7-17-4-3-16-13(20)11(17)6-12(18)19/h1-2,5,11H,3-4,6-7H2,(H,16,20)(H,18,19). The number of hydrogen-bond acceptors (Lipinski definition) is 3. The average molecular weight is 301 g/mol. The van der Waals surface area contributed by atoms with E-state index in [-0.39, 0.29) is 17.4 Å². The molecule has 1 fully saturated rings. The number of amides is 1. The summed E-state index contributed by atoms with van der Waals surface area (Å²) < 4.78 is 13.0. The van der Waals surface area contributed by atoms with E-state index in [0.717, 1.165) is 0 Å². The van der Waals surface area contributed by atoms with Gasteiger partial charge in [0.1, 0.15) is 11.9 Å². The summed E-state index contributed by atoms with van der Waals surface area (Å²) in [4.78, 5) is 24.3. The molecular formula is C13H14ClFN2O3. The molecule has 2 rings (SSSR count). The number of carbonyl (C=O) groups is 2. The van der Waals surface area contributed by atoms with Gasteiger partial charge in [0.25, 0.3) is 0 Å². The van der Waals surface area contributed by atoms with Crippen LogP contribution in [0.3, 0.4) is 0 Å². The van der Waals surface area contributed by atoms with E-state index in [2.05, 4.69) is 5.32 Å². The first-order chi connectivity index (χ1) is 9.47. The van der Waals surface area contributed by atoms with E-state index < -0.39 is 17.8 Å². The minimum absolute atomic E-state index is 0.269. The number of aliphatic carboxylic acids is 1. The van der Waals surface area contributed by atoms with Crippen molar-refractivity contribution >= 4 is 23.5 Å². The molecule has 1 aliphatic heterocycles. The Bertz CT molecular complexity index is 538. The van der Waals surface area contributed by atoms with E-state index in [9.17, 15) is 14.0 Å². The Labute approximate surface area is 120 Å². The Hall–Kier alpha value is -1.66. The Morgan fingerprint density at radius 3 is 2.95 bits per heavy atom. The number of carboxylic acids is 1. The number of carbonyl (C=O) groups excluding carboxylic acids is 1. The molecule has 1 unspecified atom stereocenters. The van der Waals surface area contributed by atoms with Gasteiger partial charge in [0.2, 0.25) is 5.91 Å². The minimum Gasteiger partial charge on any atom is -0.481 e. The zero-order valence-electron chi connectivity index (χ0n) is 10.6. The smallest absolute Gasteiger partial charge is 0.305 e. The normalized spacial score (nSPS) is 19.7. The van der Waals surface area contributed by atoms with Crippen LogP contribution in [0.1, 0.15) is 12.0 Å². The molecular weight excluding hydrogens is 287 g/mol. The quantitative estimate of drug-likeness (QED) is 0.878. The van der Waals surface area contributed by atoms with Crippen molar-refractivity contribution in [3.05, 3.63) is 34.6 Å². The Morgan fingerprint density at radius 2 is 2.30 bits per heavy atom. The van der Waals surface area contributed by atoms with Crippen LogP contribution in [0, 0.1) is 5.82 Å². The van der Waals surface area contributed by atoms with Gasteiger partial charge >= 0.3 is 5.97 Å². The molecule has 0 radical (unpaired) electrons. The van der Waals surface area contributed by atoms with Gasteiger partial charge in [0.05, 0.1) is 6.42 Å². The van der Waals surface area contributed by atoms with Gasteiger partial charge in [-0.3, -0.25) is 14.5 Å². The van der Waals surface area contributed by atoms with Gasteiger partial charge in [-0.05, 0) is 17.7 Å². The van der Waals surface area contributed by atoms with Gasteiger partial charge in [-0.25, -0.2) is 4.39 Å². The van der Waals surface area contributed by atoms with Crippen LogP contribution in [0.15, 0.2) is 18.2 Å². The van der Waals surface area contributed by atoms with E-state index in [1.165, 1.54) is 12.1 Å². The van der Waals surface area contributed by atoms with Crippen LogP contribution in [-0.2, 0) is 16.1 Å². The van der Waals surface area contributed by atoms with Crippen LogP contribution in [0.4, 0.5) is 4.39 Å². The molecule has 1 atom stereocenters. The number of nitrogens with zero attached hydrogens (tertiary/aromatic N) is 1. The van der Waals surface area contributed by atoms with E-state index in [1.54, 1.807) is 11.0 Å². The van der Waals surface area contributed by atoms with Crippen molar-refractivity contribution in [2.45, 2.75) is 19.0 Å². The highest BCUT2D eigenvalue weighted by atomic mass is 35.5. The van der Waals surface area contributed by atoms with E-state index in [1.807, 2.05) is 0 Å². The Balaban J connectivity index is 2.16. The summed E-state index contributed by atoms with van der Waals surface area (Å²) in [6.45, 7) is 1.29. The predicted octanol–water partition coefficient (Wildman–Crippen LogP) is 1.25. The zero-order valence-corrected chi connectivity index (χ0v) is 11.4. The van der Waals surface area contributed by atoms with Crippen molar-refractivity contribution < 1.29 is 19.1 Å². The molecule has 1 heterocycles. The largest absolute Gasteiger partial charge is 0.481 e. The summed E-state index contributed by atoms with van der Waals surface area (Å²) in [6.07, 6.45) is -0.273. The molecule has 1 aliphatic rings. The highest BCUT2D eigenvalue weighted by Gasteiger charge is 2.31. The van der Waals surface area contributed by atoms with Crippen molar-refractivity contribution in [3.63, 3.8) is 0 Å². The van der Waals surface area contributed by atoms with Crippen LogP contribution in [0.5, 0.6) is 0 Å². The summed E-state index contributed by atoms with van der Waals surface area (Å²) in [5.41, 5.74) is 0.665. The minimum atomic E-state index is -1.04. The third kappa shape index (κ3) is 3.46. The SMILES string of the molecule is O=C(O)CC1C(=O)NCCN1Cc1ccc(F)cc1Cl. The first-order valence-corrected chi connectivity index (χ1v) is 6.52. The second-order valence-corrected chi connectivity index (χ2v) is 5.02. The van der Waals surface area contributed by atoms with E-state index in [0.29, 0.717) is 25.2 Å². The molecule has 1 aromatic rings. The van der Waals surface area contributed by atoms with Crippen molar-refractivity contribution in [3.8, 4) is 0 Å². The lowest BCUT2D eigenvalue weighted by Crippen LogP contribution is -2.55. The highest BCUT2D eigenvalue weighted by Crippen LogP contribution is 2.21. The fourth-order valence-electron chi connectivity index (χ4n) is 2.21. The summed E-state index contributed by atoms with van der Waals surface area (Å²) >= 11 is 5.96. The third-order valence-electron chi connectivity index (χ3n) is 3.20. The molecule has 1 aromatic carbocycles. The number of benzene rings is 1. The fraction of sp³-hybridized carbons (Fsp3) is 0.385. The number of carboxylic acid groups (broad SMARTS) is 1. The second-order valence-electron chi connectivity index (χ2n) is 4.61. The van der Waals surface area contributed by atoms with Crippen molar-refractivity contribution in [2.24, 2.45) is 0 Å². The van der Waals surface area contributed by atoms with Crippen LogP contribution in [-0.4, -0.2) is 41.0 Å². The number of piperazine rings is 1. The average Bonchev–Trinajstić information content (AvgIpc) is 2.36. The molecule has 1 saturated heterocycles. The van der Waals surface area contributed by atoms with Gasteiger partial charge < -0.3 is 10.4 Å². The maximum Gasteiger partial charge on any atom is 0.305 e. The third-order valence-corrected chi connectivity index (χ3v) is 3.55. The number of rotatable bonds is 4. The van der Waals surface area contributed by atoms with Crippen LogP contribution >= 0.6 is 11.6 Å². The van der Waals surface area contributed by atoms with Crippen molar-refractivity contribution in [1.29, 1.82) is 0 Å². The molecule has 7 heteroatoms. The highest BCUT2D eigenvalue weighted by molar-refractivity contribution is 6.31. The number of halogens is 2. The van der Waals surface area contributed by atoms with E-state index in [4.69, 9.17) is 16.7 Å². The molecule has 108 valence electrons. The van der Waals surface area contributed by atoms with Gasteiger partial charge in [0.15, 0.2) is 0 Å². The maximum absolute atomic E-state index is 13.0. The van der Waals surface area contributed by atoms with Crippen LogP contribution in [0.25, 0.3) is 0 Å². The van der Waals surface area contributed by atoms with Crippen molar-refractivity contribution in [2.75, 3.05) is 13.1 Å². The zero-order chi connectivity index (χ0) is 14.7. The Morgan fingerprint density at radius 1 is 1.55 bits per heavy atom. The molecule has 0 bridgehead atoms. The molecule has 20 heavy (non-hydrogen) atoms. The van der Waals surface area contributed by atoms with Gasteiger partial charge in [-0.15, -0.1) is 0 Å². The topological polar surface area (TPSA) is 69.6 Å². The summed E-state index contributed by atoms with van der Waals surface area (Å²) in [7, 11) is 0. The summed E-state index contributed by atoms with van der Waals surface area (Å²) in [6, 6.07) is 3.30. The molecule has 5 nitrogen and oxygen atoms in total. The van der Waals surface area contributed by atoms with E-state index >= 15 is 0 Å².